The van der Waals surface area contributed by atoms with Crippen LogP contribution >= 0.6 is 0 Å². The fourth-order valence-corrected chi connectivity index (χ4v) is 0.833. The molecule has 0 N–H and O–H groups in total. The van der Waals surface area contributed by atoms with E-state index in [0.717, 1.165) is 0 Å². The summed E-state index contributed by atoms with van der Waals surface area (Å²) in [5, 5.41) is 29.8. The Balaban J connectivity index is -0.000000108. The van der Waals surface area contributed by atoms with Gasteiger partial charge in [0.1, 0.15) is 17.3 Å². The van der Waals surface area contributed by atoms with Gasteiger partial charge in [-0.25, -0.2) is 0 Å². The van der Waals surface area contributed by atoms with Crippen LogP contribution in [0.25, 0.3) is 0 Å². The first-order valence-corrected chi connectivity index (χ1v) is 5.91. The minimum atomic E-state index is -0.312. The van der Waals surface area contributed by atoms with Crippen molar-refractivity contribution in [1.82, 2.24) is 0 Å². The summed E-state index contributed by atoms with van der Waals surface area (Å²) < 4.78 is 0. The van der Waals surface area contributed by atoms with E-state index in [9.17, 15) is 29.7 Å². The van der Waals surface area contributed by atoms with Crippen molar-refractivity contribution in [2.24, 2.45) is 0 Å². The quantitative estimate of drug-likeness (QED) is 0.463. The van der Waals surface area contributed by atoms with Crippen molar-refractivity contribution < 1.29 is 29.7 Å². The van der Waals surface area contributed by atoms with Gasteiger partial charge < -0.3 is 15.3 Å². The summed E-state index contributed by atoms with van der Waals surface area (Å²) in [5.74, 6) is -1.31. The molecule has 0 saturated carbocycles. The van der Waals surface area contributed by atoms with Crippen LogP contribution in [0.4, 0.5) is 0 Å². The third-order valence-corrected chi connectivity index (χ3v) is 1.34. The van der Waals surface area contributed by atoms with Crippen molar-refractivity contribution in [1.29, 1.82) is 0 Å². The maximum atomic E-state index is 9.99. The van der Waals surface area contributed by atoms with Gasteiger partial charge in [0.2, 0.25) is 0 Å². The van der Waals surface area contributed by atoms with Gasteiger partial charge in [-0.05, 0) is 20.8 Å². The van der Waals surface area contributed by atoms with Crippen LogP contribution in [-0.4, -0.2) is 34.7 Å². The molecule has 0 aliphatic carbocycles. The molecule has 120 valence electrons. The summed E-state index contributed by atoms with van der Waals surface area (Å²) in [6, 6.07) is 0. The van der Waals surface area contributed by atoms with E-state index in [1.165, 1.54) is 20.8 Å². The Morgan fingerprint density at radius 2 is 0.773 bits per heavy atom. The molecule has 6 nitrogen and oxygen atoms in total. The molecule has 0 heterocycles. The van der Waals surface area contributed by atoms with E-state index in [1.54, 1.807) is 0 Å². The van der Waals surface area contributed by atoms with Crippen LogP contribution in [0.3, 0.4) is 0 Å². The second-order valence-electron chi connectivity index (χ2n) is 4.25. The normalized spacial score (nSPS) is 7.77. The maximum Gasteiger partial charge on any atom is 3.00 e. The summed E-state index contributed by atoms with van der Waals surface area (Å²) in [5.41, 5.74) is 0. The van der Waals surface area contributed by atoms with Gasteiger partial charge >= 0.3 is 17.4 Å². The van der Waals surface area contributed by atoms with Crippen molar-refractivity contribution >= 4 is 34.7 Å². The van der Waals surface area contributed by atoms with Crippen molar-refractivity contribution in [2.75, 3.05) is 0 Å². The van der Waals surface area contributed by atoms with E-state index >= 15 is 0 Å². The number of rotatable bonds is 6. The molecule has 22 heavy (non-hydrogen) atoms. The zero-order chi connectivity index (χ0) is 17.6. The third-order valence-electron chi connectivity index (χ3n) is 1.34. The zero-order valence-electron chi connectivity index (χ0n) is 13.3. The molecule has 0 aliphatic heterocycles. The monoisotopic (exact) mass is 324 g/mol. The Kier molecular flexibility index (Phi) is 22.2. The molecule has 0 bridgehead atoms. The third kappa shape index (κ3) is 51.8. The molecule has 0 aliphatic rings. The number of carbonyl (C=O) groups is 3. The molecule has 0 unspecified atom stereocenters. The number of hydrogen-bond donors (Lipinski definition) is 0. The van der Waals surface area contributed by atoms with Crippen molar-refractivity contribution in [2.45, 2.75) is 40.0 Å². The summed E-state index contributed by atoms with van der Waals surface area (Å²) >= 11 is 0. The van der Waals surface area contributed by atoms with Gasteiger partial charge in [0.25, 0.3) is 0 Å². The maximum absolute atomic E-state index is 9.99. The SMILES string of the molecule is C=C([O-])CC(C)=O.C=C([O-])CC(C)=O.C=C([O-])CC(C)=O.[Al+3]. The molecule has 0 fully saturated rings. The Hall–Kier alpha value is -1.84. The van der Waals surface area contributed by atoms with Gasteiger partial charge in [-0.2, -0.15) is 0 Å². The minimum Gasteiger partial charge on any atom is -0.876 e. The first-order valence-electron chi connectivity index (χ1n) is 5.91. The molecule has 0 atom stereocenters. The van der Waals surface area contributed by atoms with Crippen LogP contribution in [0.15, 0.2) is 37.0 Å². The van der Waals surface area contributed by atoms with Gasteiger partial charge in [-0.1, -0.05) is 0 Å². The molecule has 0 rings (SSSR count). The summed E-state index contributed by atoms with van der Waals surface area (Å²) in [4.78, 5) is 30.0. The topological polar surface area (TPSA) is 120 Å². The van der Waals surface area contributed by atoms with Crippen molar-refractivity contribution in [3.8, 4) is 0 Å². The molecule has 0 radical (unpaired) electrons. The van der Waals surface area contributed by atoms with Crippen LogP contribution in [0.5, 0.6) is 0 Å². The Morgan fingerprint density at radius 3 is 0.773 bits per heavy atom. The average Bonchev–Trinajstić information content (AvgIpc) is 2.10. The van der Waals surface area contributed by atoms with Crippen LogP contribution in [-0.2, 0) is 14.4 Å². The smallest absolute Gasteiger partial charge is 0.876 e. The van der Waals surface area contributed by atoms with Crippen molar-refractivity contribution in [3.05, 3.63) is 37.0 Å². The molecule has 0 amide bonds. The van der Waals surface area contributed by atoms with Crippen LogP contribution in [0.1, 0.15) is 40.0 Å². The fraction of sp³-hybridized carbons (Fsp3) is 0.400. The fourth-order valence-electron chi connectivity index (χ4n) is 0.833. The summed E-state index contributed by atoms with van der Waals surface area (Å²) in [6.45, 7) is 13.1. The van der Waals surface area contributed by atoms with E-state index in [1.807, 2.05) is 0 Å². The molecule has 7 heteroatoms. The molecule has 0 aromatic carbocycles. The average molecular weight is 324 g/mol. The van der Waals surface area contributed by atoms with E-state index in [2.05, 4.69) is 19.7 Å². The first kappa shape index (κ1) is 28.3. The van der Waals surface area contributed by atoms with Gasteiger partial charge in [-0.15, -0.1) is 37.0 Å². The Labute approximate surface area is 142 Å². The predicted molar refractivity (Wildman–Crippen MR) is 79.1 cm³/mol. The molecule has 0 aromatic rings. The number of ketones is 3. The largest absolute Gasteiger partial charge is 3.00 e. The number of carbonyl (C=O) groups excluding carboxylic acids is 3. The first-order chi connectivity index (χ1) is 9.38. The number of Topliss-reactive ketones (excluding diaryl/α,β-unsaturated/α-hetero) is 3. The van der Waals surface area contributed by atoms with E-state index in [-0.39, 0.29) is 71.3 Å². The van der Waals surface area contributed by atoms with Crippen LogP contribution in [0, 0.1) is 0 Å². The van der Waals surface area contributed by atoms with Gasteiger partial charge in [0.15, 0.2) is 0 Å². The predicted octanol–water partition coefficient (Wildman–Crippen LogP) is -0.862. The molecular formula is C15H21AlO6. The Morgan fingerprint density at radius 1 is 0.636 bits per heavy atom. The standard InChI is InChI=1S/3C5H8O2.Al/c3*1-4(6)3-5(2)7;/h3*6H,1,3H2,2H3;/q;;;+3/p-3. The second kappa shape index (κ2) is 17.2. The van der Waals surface area contributed by atoms with Gasteiger partial charge in [-0.3, -0.25) is 14.4 Å². The van der Waals surface area contributed by atoms with Gasteiger partial charge in [0, 0.05) is 19.3 Å². The number of allylic oxidation sites excluding steroid dienone is 3. The zero-order valence-corrected chi connectivity index (χ0v) is 14.4. The summed E-state index contributed by atoms with van der Waals surface area (Å²) in [6.07, 6.45) is -0.0833. The van der Waals surface area contributed by atoms with E-state index < -0.39 is 0 Å². The van der Waals surface area contributed by atoms with Crippen molar-refractivity contribution in [3.63, 3.8) is 0 Å². The minimum absolute atomic E-state index is 0. The van der Waals surface area contributed by atoms with E-state index in [0.29, 0.717) is 0 Å². The van der Waals surface area contributed by atoms with Crippen LogP contribution in [0.2, 0.25) is 0 Å². The van der Waals surface area contributed by atoms with Crippen LogP contribution < -0.4 is 15.3 Å². The molecule has 0 spiro atoms. The Bertz CT molecular complexity index is 314. The summed E-state index contributed by atoms with van der Waals surface area (Å²) in [7, 11) is 0. The van der Waals surface area contributed by atoms with E-state index in [4.69, 9.17) is 0 Å². The van der Waals surface area contributed by atoms with Gasteiger partial charge in [0.05, 0.1) is 0 Å². The molecule has 0 aromatic heterocycles. The molecular weight excluding hydrogens is 303 g/mol. The molecule has 0 saturated heterocycles. The number of hydrogen-bond acceptors (Lipinski definition) is 6. The second-order valence-corrected chi connectivity index (χ2v) is 4.25.